The molecule has 3 rings (SSSR count). The van der Waals surface area contributed by atoms with E-state index in [1.807, 2.05) is 30.3 Å². The summed E-state index contributed by atoms with van der Waals surface area (Å²) < 4.78 is 5.02. The number of nitrogen functional groups attached to an aromatic ring is 1. The van der Waals surface area contributed by atoms with Crippen LogP contribution in [0.1, 0.15) is 5.76 Å². The lowest BCUT2D eigenvalue weighted by Crippen LogP contribution is -2.02. The molecule has 90 valence electrons. The quantitative estimate of drug-likeness (QED) is 0.687. The van der Waals surface area contributed by atoms with Crippen LogP contribution in [0, 0.1) is 0 Å². The molecule has 1 aromatic carbocycles. The monoisotopic (exact) mass is 240 g/mol. The SMILES string of the molecule is Nc1c(NCc2ccno2)ccc2ncccc12. The van der Waals surface area contributed by atoms with Gasteiger partial charge in [-0.3, -0.25) is 4.98 Å². The highest BCUT2D eigenvalue weighted by molar-refractivity contribution is 5.96. The summed E-state index contributed by atoms with van der Waals surface area (Å²) in [6.45, 7) is 0.552. The van der Waals surface area contributed by atoms with Crippen molar-refractivity contribution in [2.75, 3.05) is 11.1 Å². The van der Waals surface area contributed by atoms with Gasteiger partial charge in [-0.15, -0.1) is 0 Å². The summed E-state index contributed by atoms with van der Waals surface area (Å²) in [5.41, 5.74) is 8.56. The van der Waals surface area contributed by atoms with Gasteiger partial charge in [0.1, 0.15) is 0 Å². The number of fused-ring (bicyclic) bond motifs is 1. The molecule has 0 amide bonds. The number of pyridine rings is 1. The van der Waals surface area contributed by atoms with Crippen LogP contribution in [-0.4, -0.2) is 10.1 Å². The van der Waals surface area contributed by atoms with Crippen LogP contribution in [0.5, 0.6) is 0 Å². The predicted octanol–water partition coefficient (Wildman–Crippen LogP) is 2.42. The summed E-state index contributed by atoms with van der Waals surface area (Å²) in [6, 6.07) is 9.50. The molecule has 5 heteroatoms. The van der Waals surface area contributed by atoms with E-state index in [9.17, 15) is 0 Å². The Balaban J connectivity index is 1.90. The van der Waals surface area contributed by atoms with Gasteiger partial charge in [0.05, 0.1) is 29.6 Å². The fourth-order valence-corrected chi connectivity index (χ4v) is 1.85. The number of hydrogen-bond acceptors (Lipinski definition) is 5. The Morgan fingerprint density at radius 1 is 1.17 bits per heavy atom. The molecule has 0 unspecified atom stereocenters. The maximum Gasteiger partial charge on any atom is 0.155 e. The molecule has 0 aliphatic heterocycles. The minimum Gasteiger partial charge on any atom is -0.397 e. The highest BCUT2D eigenvalue weighted by atomic mass is 16.5. The molecular formula is C13H12N4O. The molecule has 2 aromatic heterocycles. The van der Waals surface area contributed by atoms with E-state index in [2.05, 4.69) is 15.5 Å². The van der Waals surface area contributed by atoms with E-state index in [4.69, 9.17) is 10.3 Å². The van der Waals surface area contributed by atoms with E-state index >= 15 is 0 Å². The molecule has 3 aromatic rings. The van der Waals surface area contributed by atoms with Crippen LogP contribution in [0.15, 0.2) is 47.2 Å². The van der Waals surface area contributed by atoms with Crippen LogP contribution in [0.25, 0.3) is 10.9 Å². The summed E-state index contributed by atoms with van der Waals surface area (Å²) >= 11 is 0. The minimum absolute atomic E-state index is 0.552. The largest absolute Gasteiger partial charge is 0.397 e. The van der Waals surface area contributed by atoms with Crippen LogP contribution >= 0.6 is 0 Å². The molecule has 0 aliphatic carbocycles. The van der Waals surface area contributed by atoms with Gasteiger partial charge >= 0.3 is 0 Å². The number of aromatic nitrogens is 2. The van der Waals surface area contributed by atoms with Gasteiger partial charge in [0.2, 0.25) is 0 Å². The van der Waals surface area contributed by atoms with Crippen LogP contribution in [-0.2, 0) is 6.54 Å². The minimum atomic E-state index is 0.552. The number of nitrogens with two attached hydrogens (primary N) is 1. The first-order chi connectivity index (χ1) is 8.84. The zero-order chi connectivity index (χ0) is 12.4. The predicted molar refractivity (Wildman–Crippen MR) is 70.0 cm³/mol. The van der Waals surface area contributed by atoms with Crippen LogP contribution in [0.2, 0.25) is 0 Å². The fraction of sp³-hybridized carbons (Fsp3) is 0.0769. The molecule has 0 aliphatic rings. The third kappa shape index (κ3) is 1.86. The smallest absolute Gasteiger partial charge is 0.155 e. The van der Waals surface area contributed by atoms with Crippen molar-refractivity contribution < 1.29 is 4.52 Å². The lowest BCUT2D eigenvalue weighted by molar-refractivity contribution is 0.388. The summed E-state index contributed by atoms with van der Waals surface area (Å²) in [5.74, 6) is 0.765. The summed E-state index contributed by atoms with van der Waals surface area (Å²) in [7, 11) is 0. The fourth-order valence-electron chi connectivity index (χ4n) is 1.85. The molecule has 0 saturated heterocycles. The highest BCUT2D eigenvalue weighted by Crippen LogP contribution is 2.27. The molecule has 0 bridgehead atoms. The molecule has 0 saturated carbocycles. The Morgan fingerprint density at radius 2 is 2.11 bits per heavy atom. The number of anilines is 2. The number of rotatable bonds is 3. The summed E-state index contributed by atoms with van der Waals surface area (Å²) in [4.78, 5) is 4.26. The van der Waals surface area contributed by atoms with Gasteiger partial charge in [0.25, 0.3) is 0 Å². The molecule has 2 heterocycles. The maximum absolute atomic E-state index is 6.11. The van der Waals surface area contributed by atoms with Gasteiger partial charge in [-0.25, -0.2) is 0 Å². The zero-order valence-electron chi connectivity index (χ0n) is 9.63. The first kappa shape index (κ1) is 10.6. The summed E-state index contributed by atoms with van der Waals surface area (Å²) in [5, 5.41) is 7.82. The lowest BCUT2D eigenvalue weighted by Gasteiger charge is -2.09. The number of nitrogens with one attached hydrogen (secondary N) is 1. The molecule has 0 spiro atoms. The Bertz CT molecular complexity index is 664. The van der Waals surface area contributed by atoms with Crippen LogP contribution in [0.3, 0.4) is 0 Å². The van der Waals surface area contributed by atoms with Crippen molar-refractivity contribution >= 4 is 22.3 Å². The van der Waals surface area contributed by atoms with E-state index in [0.29, 0.717) is 12.2 Å². The molecule has 5 nitrogen and oxygen atoms in total. The second-order valence-electron chi connectivity index (χ2n) is 3.93. The lowest BCUT2D eigenvalue weighted by atomic mass is 10.1. The Kier molecular flexibility index (Phi) is 2.57. The number of hydrogen-bond donors (Lipinski definition) is 2. The zero-order valence-corrected chi connectivity index (χ0v) is 9.63. The average Bonchev–Trinajstić information content (AvgIpc) is 2.91. The standard InChI is InChI=1S/C13H12N4O/c14-13-10-2-1-6-15-11(10)3-4-12(13)16-8-9-5-7-17-18-9/h1-7,16H,8,14H2. The summed E-state index contributed by atoms with van der Waals surface area (Å²) in [6.07, 6.45) is 3.37. The van der Waals surface area contributed by atoms with E-state index < -0.39 is 0 Å². The van der Waals surface area contributed by atoms with Crippen molar-refractivity contribution in [1.82, 2.24) is 10.1 Å². The van der Waals surface area contributed by atoms with Gasteiger partial charge in [-0.2, -0.15) is 0 Å². The Morgan fingerprint density at radius 3 is 2.94 bits per heavy atom. The van der Waals surface area contributed by atoms with Gasteiger partial charge in [-0.1, -0.05) is 5.16 Å². The number of benzene rings is 1. The second kappa shape index (κ2) is 4.37. The van der Waals surface area contributed by atoms with Crippen molar-refractivity contribution in [3.05, 3.63) is 48.5 Å². The molecule has 0 atom stereocenters. The third-order valence-electron chi connectivity index (χ3n) is 2.77. The topological polar surface area (TPSA) is 77.0 Å². The van der Waals surface area contributed by atoms with Crippen molar-refractivity contribution in [1.29, 1.82) is 0 Å². The third-order valence-corrected chi connectivity index (χ3v) is 2.77. The maximum atomic E-state index is 6.11. The number of nitrogens with zero attached hydrogens (tertiary/aromatic N) is 2. The molecule has 3 N–H and O–H groups in total. The van der Waals surface area contributed by atoms with Crippen molar-refractivity contribution in [3.8, 4) is 0 Å². The molecule has 18 heavy (non-hydrogen) atoms. The van der Waals surface area contributed by atoms with E-state index in [-0.39, 0.29) is 0 Å². The van der Waals surface area contributed by atoms with Gasteiger partial charge in [0.15, 0.2) is 5.76 Å². The highest BCUT2D eigenvalue weighted by Gasteiger charge is 2.05. The first-order valence-corrected chi connectivity index (χ1v) is 5.61. The Labute approximate surface area is 104 Å². The van der Waals surface area contributed by atoms with Gasteiger partial charge < -0.3 is 15.6 Å². The van der Waals surface area contributed by atoms with E-state index in [1.54, 1.807) is 12.4 Å². The van der Waals surface area contributed by atoms with Gasteiger partial charge in [0, 0.05) is 17.6 Å². The molecular weight excluding hydrogens is 228 g/mol. The van der Waals surface area contributed by atoms with Gasteiger partial charge in [-0.05, 0) is 24.3 Å². The van der Waals surface area contributed by atoms with E-state index in [1.165, 1.54) is 0 Å². The van der Waals surface area contributed by atoms with E-state index in [0.717, 1.165) is 22.4 Å². The molecule has 0 fully saturated rings. The second-order valence-corrected chi connectivity index (χ2v) is 3.93. The van der Waals surface area contributed by atoms with Crippen molar-refractivity contribution in [3.63, 3.8) is 0 Å². The average molecular weight is 240 g/mol. The van der Waals surface area contributed by atoms with Crippen LogP contribution in [0.4, 0.5) is 11.4 Å². The van der Waals surface area contributed by atoms with Crippen LogP contribution < -0.4 is 11.1 Å². The first-order valence-electron chi connectivity index (χ1n) is 5.61. The Hall–Kier alpha value is -2.56. The van der Waals surface area contributed by atoms with Crippen molar-refractivity contribution in [2.24, 2.45) is 0 Å². The normalized spacial score (nSPS) is 10.7. The molecule has 0 radical (unpaired) electrons. The van der Waals surface area contributed by atoms with Crippen molar-refractivity contribution in [2.45, 2.75) is 6.54 Å².